The number of sulfonamides is 1. The molecule has 2 aromatic heterocycles. The maximum Gasteiger partial charge on any atom is 0.324 e. The van der Waals surface area contributed by atoms with E-state index >= 15 is 0 Å². The first-order valence-electron chi connectivity index (χ1n) is 24.0. The minimum absolute atomic E-state index is 0.0151. The number of methoxy groups -OCH3 is 1. The van der Waals surface area contributed by atoms with E-state index in [1.807, 2.05) is 51.1 Å². The standard InChI is InChI=1S/C52H69N7O8S/c1-11-33(5)68(64,65)57-25-22-38(30-57)49(61)56(9)46(32(3)4)48(60)54-43-27-35-16-13-17-36(26-35)37-20-21-44-40(28-37)41(47(58(44)12-2)39-18-14-23-53-45(39)34(6)66-10)29-52(7,8)31-67-51(63)42-19-15-24-59(55-42)50(43)62/h11,13-14,16-18,20-21,23,26,28,32,34,38,42-43,46,55H,12,15,19,22,24-25,27,29-31H2,1-10H3,(H,54,60)/b33-11+/t34-,38-,42-,43-,46?/m0/s1. The minimum atomic E-state index is -3.70. The van der Waals surface area contributed by atoms with Gasteiger partial charge in [0.15, 0.2) is 0 Å². The smallest absolute Gasteiger partial charge is 0.324 e. The van der Waals surface area contributed by atoms with Gasteiger partial charge in [-0.3, -0.25) is 29.2 Å². The molecule has 0 radical (unpaired) electrons. The Bertz CT molecular complexity index is 2690. The zero-order chi connectivity index (χ0) is 49.2. The Morgan fingerprint density at radius 2 is 1.81 bits per heavy atom. The lowest BCUT2D eigenvalue weighted by Gasteiger charge is -2.37. The van der Waals surface area contributed by atoms with Gasteiger partial charge in [0.05, 0.1) is 34.9 Å². The normalized spacial score (nSPS) is 21.6. The van der Waals surface area contributed by atoms with Gasteiger partial charge >= 0.3 is 5.97 Å². The summed E-state index contributed by atoms with van der Waals surface area (Å²) in [7, 11) is -0.456. The van der Waals surface area contributed by atoms with Crippen LogP contribution in [0.1, 0.15) is 97.6 Å². The number of carbonyl (C=O) groups excluding carboxylic acids is 4. The van der Waals surface area contributed by atoms with Gasteiger partial charge in [0.2, 0.25) is 21.8 Å². The maximum absolute atomic E-state index is 14.7. The van der Waals surface area contributed by atoms with Crippen molar-refractivity contribution in [3.8, 4) is 22.4 Å². The van der Waals surface area contributed by atoms with E-state index in [1.54, 1.807) is 27.3 Å². The van der Waals surface area contributed by atoms with Crippen LogP contribution in [0.4, 0.5) is 0 Å². The number of ether oxygens (including phenoxy) is 2. The van der Waals surface area contributed by atoms with E-state index in [4.69, 9.17) is 14.5 Å². The molecular weight excluding hydrogens is 883 g/mol. The molecule has 68 heavy (non-hydrogen) atoms. The van der Waals surface area contributed by atoms with Crippen LogP contribution in [-0.2, 0) is 58.1 Å². The number of aryl methyl sites for hydroxylation is 1. The van der Waals surface area contributed by atoms with Gasteiger partial charge in [-0.15, -0.1) is 0 Å². The van der Waals surface area contributed by atoms with Crippen LogP contribution in [0.15, 0.2) is 71.8 Å². The van der Waals surface area contributed by atoms with E-state index in [1.165, 1.54) is 27.2 Å². The average molecular weight is 952 g/mol. The number of aromatic nitrogens is 2. The highest BCUT2D eigenvalue weighted by molar-refractivity contribution is 7.93. The van der Waals surface area contributed by atoms with Gasteiger partial charge in [-0.2, -0.15) is 4.31 Å². The zero-order valence-corrected chi connectivity index (χ0v) is 42.1. The number of nitrogens with one attached hydrogen (secondary N) is 2. The molecule has 7 rings (SSSR count). The van der Waals surface area contributed by atoms with Crippen LogP contribution in [0.2, 0.25) is 0 Å². The molecule has 3 aliphatic rings. The summed E-state index contributed by atoms with van der Waals surface area (Å²) in [6, 6.07) is 15.6. The number of hydrogen-bond acceptors (Lipinski definition) is 10. The van der Waals surface area contributed by atoms with E-state index < -0.39 is 57.3 Å². The van der Waals surface area contributed by atoms with E-state index in [-0.39, 0.29) is 49.0 Å². The first-order valence-corrected chi connectivity index (χ1v) is 25.4. The number of hydrogen-bond donors (Lipinski definition) is 2. The fourth-order valence-corrected chi connectivity index (χ4v) is 11.5. The summed E-state index contributed by atoms with van der Waals surface area (Å²) in [4.78, 5) is 63.8. The molecule has 2 N–H and O–H groups in total. The van der Waals surface area contributed by atoms with Crippen LogP contribution in [0.25, 0.3) is 33.3 Å². The Morgan fingerprint density at radius 3 is 2.51 bits per heavy atom. The number of carbonyl (C=O) groups is 4. The first-order chi connectivity index (χ1) is 32.3. The fraction of sp³-hybridized carbons (Fsp3) is 0.519. The Labute approximate surface area is 401 Å². The van der Waals surface area contributed by atoms with Crippen LogP contribution < -0.4 is 10.7 Å². The summed E-state index contributed by atoms with van der Waals surface area (Å²) >= 11 is 0. The molecule has 0 spiro atoms. The topological polar surface area (TPSA) is 172 Å². The number of amides is 3. The van der Waals surface area contributed by atoms with Crippen molar-refractivity contribution in [2.24, 2.45) is 17.3 Å². The van der Waals surface area contributed by atoms with Crippen molar-refractivity contribution >= 4 is 44.6 Å². The second kappa shape index (κ2) is 20.7. The predicted molar refractivity (Wildman–Crippen MR) is 263 cm³/mol. The molecule has 366 valence electrons. The number of rotatable bonds is 11. The largest absolute Gasteiger partial charge is 0.464 e. The van der Waals surface area contributed by atoms with Crippen molar-refractivity contribution in [2.75, 3.05) is 40.4 Å². The number of benzene rings is 2. The number of likely N-dealkylation sites (N-methyl/N-ethyl adjacent to an activating group) is 1. The SMILES string of the molecule is C/C=C(\C)S(=O)(=O)N1CC[C@H](C(=O)N(C)C(C(=O)N[C@H]2Cc3cccc(c3)-c3ccc4c(c3)c(c(-c3cccnc3[C@H](C)OC)n4CC)CC(C)(C)COC(=O)[C@@H]3CCCN(N3)C2=O)C(C)C)C1. The van der Waals surface area contributed by atoms with Crippen LogP contribution in [-0.4, -0.2) is 114 Å². The van der Waals surface area contributed by atoms with Crippen molar-refractivity contribution in [3.63, 3.8) is 0 Å². The second-order valence-electron chi connectivity index (χ2n) is 19.7. The predicted octanol–water partition coefficient (Wildman–Crippen LogP) is 6.80. The molecule has 4 aromatic rings. The summed E-state index contributed by atoms with van der Waals surface area (Å²) < 4.78 is 41.8. The Morgan fingerprint density at radius 1 is 1.06 bits per heavy atom. The van der Waals surface area contributed by atoms with Gasteiger partial charge in [-0.05, 0) is 106 Å². The van der Waals surface area contributed by atoms with E-state index in [0.29, 0.717) is 38.8 Å². The summed E-state index contributed by atoms with van der Waals surface area (Å²) in [5, 5.41) is 5.53. The molecule has 1 unspecified atom stereocenters. The highest BCUT2D eigenvalue weighted by Gasteiger charge is 2.42. The van der Waals surface area contributed by atoms with Gasteiger partial charge < -0.3 is 24.3 Å². The summed E-state index contributed by atoms with van der Waals surface area (Å²) in [5.74, 6) is -2.74. The number of allylic oxidation sites excluding steroid dienone is 2. The van der Waals surface area contributed by atoms with Crippen LogP contribution in [0.5, 0.6) is 0 Å². The third-order valence-electron chi connectivity index (χ3n) is 13.9. The minimum Gasteiger partial charge on any atom is -0.464 e. The lowest BCUT2D eigenvalue weighted by Crippen LogP contribution is -2.62. The summed E-state index contributed by atoms with van der Waals surface area (Å²) in [6.45, 7) is 16.5. The summed E-state index contributed by atoms with van der Waals surface area (Å²) in [6.07, 6.45) is 5.07. The van der Waals surface area contributed by atoms with Gasteiger partial charge in [-0.1, -0.05) is 64.1 Å². The second-order valence-corrected chi connectivity index (χ2v) is 21.8. The monoisotopic (exact) mass is 951 g/mol. The van der Waals surface area contributed by atoms with Gasteiger partial charge in [0, 0.05) is 74.8 Å². The van der Waals surface area contributed by atoms with Gasteiger partial charge in [-0.25, -0.2) is 13.8 Å². The van der Waals surface area contributed by atoms with Gasteiger partial charge in [0.25, 0.3) is 5.91 Å². The van der Waals surface area contributed by atoms with Crippen molar-refractivity contribution in [1.82, 2.24) is 34.5 Å². The zero-order valence-electron chi connectivity index (χ0n) is 41.3. The van der Waals surface area contributed by atoms with E-state index in [9.17, 15) is 27.6 Å². The molecule has 5 heterocycles. The van der Waals surface area contributed by atoms with Crippen molar-refractivity contribution < 1.29 is 37.1 Å². The van der Waals surface area contributed by atoms with Crippen LogP contribution >= 0.6 is 0 Å². The van der Waals surface area contributed by atoms with Crippen LogP contribution in [0.3, 0.4) is 0 Å². The van der Waals surface area contributed by atoms with Crippen molar-refractivity contribution in [2.45, 2.75) is 118 Å². The number of esters is 1. The molecule has 2 fully saturated rings. The Kier molecular flexibility index (Phi) is 15.3. The first kappa shape index (κ1) is 50.5. The third kappa shape index (κ3) is 10.3. The molecule has 16 heteroatoms. The molecule has 0 saturated carbocycles. The lowest BCUT2D eigenvalue weighted by molar-refractivity contribution is -0.155. The fourth-order valence-electron chi connectivity index (χ4n) is 10.1. The van der Waals surface area contributed by atoms with Crippen molar-refractivity contribution in [1.29, 1.82) is 0 Å². The molecule has 2 aromatic carbocycles. The maximum atomic E-state index is 14.7. The van der Waals surface area contributed by atoms with Crippen molar-refractivity contribution in [3.05, 3.63) is 88.6 Å². The number of hydrazine groups is 1. The molecule has 3 amide bonds. The quantitative estimate of drug-likeness (QED) is 0.152. The average Bonchev–Trinajstić information content (AvgIpc) is 3.95. The molecule has 0 aliphatic carbocycles. The highest BCUT2D eigenvalue weighted by atomic mass is 32.2. The molecule has 6 bridgehead atoms. The van der Waals surface area contributed by atoms with Gasteiger partial charge in [0.1, 0.15) is 18.1 Å². The van der Waals surface area contributed by atoms with Crippen LogP contribution in [0, 0.1) is 17.3 Å². The Hall–Kier alpha value is -5.42. The number of cyclic esters (lactones) is 1. The lowest BCUT2D eigenvalue weighted by atomic mass is 9.84. The summed E-state index contributed by atoms with van der Waals surface area (Å²) in [5.41, 5.74) is 10.3. The molecule has 2 saturated heterocycles. The molecule has 3 aliphatic heterocycles. The molecule has 5 atom stereocenters. The number of pyridine rings is 1. The van der Waals surface area contributed by atoms with E-state index in [2.05, 4.69) is 60.3 Å². The highest BCUT2D eigenvalue weighted by Crippen LogP contribution is 2.42. The molecule has 15 nitrogen and oxygen atoms in total. The molecular formula is C52H69N7O8S. The Balaban J connectivity index is 1.27. The van der Waals surface area contributed by atoms with E-state index in [0.717, 1.165) is 50.1 Å². The third-order valence-corrected chi connectivity index (χ3v) is 16.0. The number of fused-ring (bicyclic) bond motifs is 6. The number of nitrogens with zero attached hydrogens (tertiary/aromatic N) is 5.